The summed E-state index contributed by atoms with van der Waals surface area (Å²) in [6, 6.07) is 18.9. The molecule has 0 fully saturated rings. The van der Waals surface area contributed by atoms with Gasteiger partial charge in [-0.1, -0.05) is 50.2 Å². The molecule has 4 aromatic carbocycles. The van der Waals surface area contributed by atoms with Crippen LogP contribution in [0.25, 0.3) is 0 Å². The highest BCUT2D eigenvalue weighted by atomic mass is 19.4. The molecule has 2 atom stereocenters. The van der Waals surface area contributed by atoms with Gasteiger partial charge in [0.2, 0.25) is 5.91 Å². The predicted octanol–water partition coefficient (Wildman–Crippen LogP) is 7.22. The summed E-state index contributed by atoms with van der Waals surface area (Å²) in [6.45, 7) is 3.35. The standard InChI is InChI=1S/C20H21F3N2O3.C20H20F3NO4/c1-12(18(24)26)9-14-5-8-17(28-2)16(10-14)19(27)25-11-13-3-6-15(7-4-13)20(21,22)23;1-12(19(26)27)9-14-5-8-17(28-2)16(10-14)18(25)24-11-13-3-6-15(7-4-13)20(21,22)23/h3-8,10,12H,9,11H2,1-2H3,(H2,24,26)(H,25,27);3-8,10,12H,9,11H2,1-2H3,(H,24,25)(H,26,27). The fourth-order valence-electron chi connectivity index (χ4n) is 5.19. The minimum atomic E-state index is -4.41. The zero-order chi connectivity index (χ0) is 41.8. The van der Waals surface area contributed by atoms with Crippen molar-refractivity contribution in [3.8, 4) is 11.5 Å². The summed E-state index contributed by atoms with van der Waals surface area (Å²) in [4.78, 5) is 47.3. The topological polar surface area (TPSA) is 157 Å². The number of benzene rings is 4. The van der Waals surface area contributed by atoms with Crippen molar-refractivity contribution in [2.24, 2.45) is 17.6 Å². The van der Waals surface area contributed by atoms with Crippen LogP contribution < -0.4 is 25.8 Å². The van der Waals surface area contributed by atoms with Gasteiger partial charge in [0.1, 0.15) is 11.5 Å². The second-order valence-electron chi connectivity index (χ2n) is 12.8. The van der Waals surface area contributed by atoms with Crippen molar-refractivity contribution in [3.63, 3.8) is 0 Å². The van der Waals surface area contributed by atoms with Gasteiger partial charge in [-0.05, 0) is 83.6 Å². The molecule has 0 aliphatic heterocycles. The van der Waals surface area contributed by atoms with Crippen LogP contribution in [-0.2, 0) is 47.9 Å². The van der Waals surface area contributed by atoms with Gasteiger partial charge < -0.3 is 30.9 Å². The van der Waals surface area contributed by atoms with Crippen molar-refractivity contribution in [1.82, 2.24) is 10.6 Å². The Morgan fingerprint density at radius 3 is 1.25 bits per heavy atom. The van der Waals surface area contributed by atoms with Crippen LogP contribution in [0.15, 0.2) is 84.9 Å². The van der Waals surface area contributed by atoms with E-state index in [0.717, 1.165) is 29.8 Å². The lowest BCUT2D eigenvalue weighted by Crippen LogP contribution is -2.24. The minimum absolute atomic E-state index is 0.0376. The number of aliphatic carboxylic acids is 1. The summed E-state index contributed by atoms with van der Waals surface area (Å²) in [6.07, 6.45) is -8.20. The number of hydrogen-bond donors (Lipinski definition) is 4. The number of carboxylic acid groups (broad SMARTS) is 1. The number of rotatable bonds is 14. The van der Waals surface area contributed by atoms with Crippen molar-refractivity contribution < 1.29 is 60.1 Å². The second-order valence-corrected chi connectivity index (χ2v) is 12.8. The number of carbonyl (C=O) groups is 4. The van der Waals surface area contributed by atoms with Gasteiger partial charge in [-0.25, -0.2) is 0 Å². The number of alkyl halides is 6. The third-order valence-electron chi connectivity index (χ3n) is 8.48. The van der Waals surface area contributed by atoms with E-state index in [4.69, 9.17) is 20.3 Å². The molecule has 0 saturated carbocycles. The first-order valence-corrected chi connectivity index (χ1v) is 17.0. The molecule has 5 N–H and O–H groups in total. The Kier molecular flexibility index (Phi) is 15.4. The van der Waals surface area contributed by atoms with Gasteiger partial charge in [0.05, 0.1) is 42.4 Å². The first kappa shape index (κ1) is 44.3. The van der Waals surface area contributed by atoms with Crippen molar-refractivity contribution in [2.75, 3.05) is 14.2 Å². The number of ether oxygens (including phenoxy) is 2. The minimum Gasteiger partial charge on any atom is -0.496 e. The largest absolute Gasteiger partial charge is 0.496 e. The first-order chi connectivity index (χ1) is 26.2. The van der Waals surface area contributed by atoms with Crippen LogP contribution in [0.1, 0.15) is 67.9 Å². The fraction of sp³-hybridized carbons (Fsp3) is 0.300. The van der Waals surface area contributed by atoms with Crippen LogP contribution >= 0.6 is 0 Å². The van der Waals surface area contributed by atoms with E-state index in [9.17, 15) is 45.5 Å². The summed E-state index contributed by atoms with van der Waals surface area (Å²) >= 11 is 0. The number of halogens is 6. The summed E-state index contributed by atoms with van der Waals surface area (Å²) in [7, 11) is 2.83. The Balaban J connectivity index is 0.000000300. The molecule has 0 spiro atoms. The average molecular weight is 790 g/mol. The van der Waals surface area contributed by atoms with E-state index in [1.165, 1.54) is 38.5 Å². The summed E-state index contributed by atoms with van der Waals surface area (Å²) in [5.74, 6) is -2.63. The van der Waals surface area contributed by atoms with Gasteiger partial charge in [0, 0.05) is 19.0 Å². The SMILES string of the molecule is COc1ccc(CC(C)C(=O)O)cc1C(=O)NCc1ccc(C(F)(F)F)cc1.COc1ccc(CC(C)C(N)=O)cc1C(=O)NCc1ccc(C(F)(F)F)cc1. The number of amides is 3. The van der Waals surface area contributed by atoms with Gasteiger partial charge in [-0.2, -0.15) is 26.3 Å². The molecule has 10 nitrogen and oxygen atoms in total. The number of carbonyl (C=O) groups excluding carboxylic acids is 3. The zero-order valence-electron chi connectivity index (χ0n) is 30.8. The number of nitrogens with one attached hydrogen (secondary N) is 2. The number of primary amides is 1. The van der Waals surface area contributed by atoms with E-state index >= 15 is 0 Å². The third kappa shape index (κ3) is 13.1. The van der Waals surface area contributed by atoms with Crippen LogP contribution in [0.3, 0.4) is 0 Å². The number of methoxy groups -OCH3 is 2. The lowest BCUT2D eigenvalue weighted by Gasteiger charge is -2.13. The maximum atomic E-state index is 12.6. The molecule has 0 aromatic heterocycles. The molecule has 2 unspecified atom stereocenters. The van der Waals surface area contributed by atoms with Crippen molar-refractivity contribution in [3.05, 3.63) is 129 Å². The molecule has 16 heteroatoms. The quantitative estimate of drug-likeness (QED) is 0.0984. The summed E-state index contributed by atoms with van der Waals surface area (Å²) < 4.78 is 86.0. The van der Waals surface area contributed by atoms with Crippen LogP contribution in [0.5, 0.6) is 11.5 Å². The van der Waals surface area contributed by atoms with Crippen molar-refractivity contribution >= 4 is 23.7 Å². The summed E-state index contributed by atoms with van der Waals surface area (Å²) in [5.41, 5.74) is 6.70. The molecule has 56 heavy (non-hydrogen) atoms. The first-order valence-electron chi connectivity index (χ1n) is 17.0. The average Bonchev–Trinajstić information content (AvgIpc) is 3.15. The lowest BCUT2D eigenvalue weighted by atomic mass is 9.98. The molecule has 0 heterocycles. The van der Waals surface area contributed by atoms with Gasteiger partial charge in [0.25, 0.3) is 11.8 Å². The Morgan fingerprint density at radius 2 is 0.946 bits per heavy atom. The lowest BCUT2D eigenvalue weighted by molar-refractivity contribution is -0.141. The monoisotopic (exact) mass is 789 g/mol. The van der Waals surface area contributed by atoms with Gasteiger partial charge >= 0.3 is 18.3 Å². The molecule has 4 rings (SSSR count). The third-order valence-corrected chi connectivity index (χ3v) is 8.48. The predicted molar refractivity (Wildman–Crippen MR) is 194 cm³/mol. The van der Waals surface area contributed by atoms with Crippen LogP contribution in [0.2, 0.25) is 0 Å². The highest BCUT2D eigenvalue weighted by molar-refractivity contribution is 5.97. The van der Waals surface area contributed by atoms with Crippen LogP contribution in [-0.4, -0.2) is 43.0 Å². The number of hydrogen-bond acceptors (Lipinski definition) is 6. The van der Waals surface area contributed by atoms with E-state index in [0.29, 0.717) is 34.6 Å². The smallest absolute Gasteiger partial charge is 0.416 e. The molecule has 0 aliphatic carbocycles. The molecule has 0 radical (unpaired) electrons. The number of carboxylic acids is 1. The Hall–Kier alpha value is -6.06. The maximum Gasteiger partial charge on any atom is 0.416 e. The molecular weight excluding hydrogens is 748 g/mol. The Labute approximate surface area is 319 Å². The maximum absolute atomic E-state index is 12.6. The van der Waals surface area contributed by atoms with Crippen LogP contribution in [0.4, 0.5) is 26.3 Å². The molecule has 300 valence electrons. The van der Waals surface area contributed by atoms with E-state index in [2.05, 4.69) is 10.6 Å². The second kappa shape index (κ2) is 19.5. The fourth-order valence-corrected chi connectivity index (χ4v) is 5.19. The number of nitrogens with two attached hydrogens (primary N) is 1. The molecule has 0 bridgehead atoms. The zero-order valence-corrected chi connectivity index (χ0v) is 30.8. The molecule has 4 aromatic rings. The van der Waals surface area contributed by atoms with E-state index < -0.39 is 59.0 Å². The Bertz CT molecular complexity index is 1840. The molecule has 3 amide bonds. The molecule has 0 saturated heterocycles. The van der Waals surface area contributed by atoms with E-state index in [-0.39, 0.29) is 30.6 Å². The van der Waals surface area contributed by atoms with Crippen molar-refractivity contribution in [2.45, 2.75) is 52.1 Å². The van der Waals surface area contributed by atoms with Crippen LogP contribution in [0, 0.1) is 11.8 Å². The van der Waals surface area contributed by atoms with E-state index in [1.54, 1.807) is 50.2 Å². The highest BCUT2D eigenvalue weighted by Crippen LogP contribution is 2.30. The molecular formula is C40H41F6N3O7. The van der Waals surface area contributed by atoms with Crippen molar-refractivity contribution in [1.29, 1.82) is 0 Å². The Morgan fingerprint density at radius 1 is 0.607 bits per heavy atom. The van der Waals surface area contributed by atoms with Gasteiger partial charge in [0.15, 0.2) is 0 Å². The molecule has 0 aliphatic rings. The van der Waals surface area contributed by atoms with E-state index in [1.807, 2.05) is 0 Å². The van der Waals surface area contributed by atoms with Gasteiger partial charge in [-0.3, -0.25) is 19.2 Å². The highest BCUT2D eigenvalue weighted by Gasteiger charge is 2.31. The summed E-state index contributed by atoms with van der Waals surface area (Å²) in [5, 5.41) is 14.3. The van der Waals surface area contributed by atoms with Gasteiger partial charge in [-0.15, -0.1) is 0 Å². The normalized spacial score (nSPS) is 12.3.